The number of fused-ring (bicyclic) bond motifs is 2. The summed E-state index contributed by atoms with van der Waals surface area (Å²) >= 11 is 0. The third-order valence-corrected chi connectivity index (χ3v) is 5.76. The number of rotatable bonds is 3. The van der Waals surface area contributed by atoms with Gasteiger partial charge in [0.05, 0.1) is 6.61 Å². The van der Waals surface area contributed by atoms with Crippen LogP contribution in [0.3, 0.4) is 0 Å². The monoisotopic (exact) mass is 339 g/mol. The minimum Gasteiger partial charge on any atom is -0.395 e. The van der Waals surface area contributed by atoms with Crippen molar-refractivity contribution in [3.05, 3.63) is 59.4 Å². The third-order valence-electron chi connectivity index (χ3n) is 5.76. The maximum absolute atomic E-state index is 12.6. The third kappa shape index (κ3) is 2.98. The van der Waals surface area contributed by atoms with Crippen LogP contribution in [0.2, 0.25) is 0 Å². The summed E-state index contributed by atoms with van der Waals surface area (Å²) in [6.07, 6.45) is 3.74. The average molecular weight is 339 g/mol. The number of aliphatic hydroxyl groups excluding tert-OH is 1. The Labute approximate surface area is 148 Å². The Morgan fingerprint density at radius 2 is 1.96 bits per heavy atom. The number of hydrogen-bond donors (Lipinski definition) is 2. The van der Waals surface area contributed by atoms with Gasteiger partial charge in [-0.3, -0.25) is 9.69 Å². The van der Waals surface area contributed by atoms with Gasteiger partial charge < -0.3 is 15.0 Å². The summed E-state index contributed by atoms with van der Waals surface area (Å²) in [5.41, 5.74) is 3.57. The molecule has 5 heteroatoms. The number of piperidine rings is 1. The molecule has 25 heavy (non-hydrogen) atoms. The molecule has 1 spiro atoms. The predicted octanol–water partition coefficient (Wildman–Crippen LogP) is 2.00. The van der Waals surface area contributed by atoms with Crippen LogP contribution in [0.4, 0.5) is 0 Å². The van der Waals surface area contributed by atoms with Gasteiger partial charge >= 0.3 is 0 Å². The Hall–Kier alpha value is -2.11. The van der Waals surface area contributed by atoms with Crippen molar-refractivity contribution < 1.29 is 9.90 Å². The highest BCUT2D eigenvalue weighted by molar-refractivity contribution is 5.92. The van der Waals surface area contributed by atoms with Crippen molar-refractivity contribution in [2.24, 2.45) is 0 Å². The topological polar surface area (TPSA) is 59.6 Å². The molecule has 0 aliphatic carbocycles. The van der Waals surface area contributed by atoms with Crippen molar-refractivity contribution in [2.45, 2.75) is 24.8 Å². The number of aromatic nitrogens is 1. The number of H-pyrrole nitrogens is 1. The molecule has 5 nitrogen and oxygen atoms in total. The van der Waals surface area contributed by atoms with Gasteiger partial charge in [0.1, 0.15) is 5.69 Å². The van der Waals surface area contributed by atoms with Crippen LogP contribution in [0.1, 0.15) is 34.5 Å². The molecule has 0 unspecified atom stereocenters. The lowest BCUT2D eigenvalue weighted by molar-refractivity contribution is 0.0571. The van der Waals surface area contributed by atoms with Crippen LogP contribution in [-0.2, 0) is 12.0 Å². The second-order valence-electron chi connectivity index (χ2n) is 7.25. The molecule has 3 heterocycles. The molecule has 1 aromatic heterocycles. The van der Waals surface area contributed by atoms with E-state index in [4.69, 9.17) is 0 Å². The fourth-order valence-electron chi connectivity index (χ4n) is 4.48. The summed E-state index contributed by atoms with van der Waals surface area (Å²) in [6, 6.07) is 12.4. The van der Waals surface area contributed by atoms with Crippen molar-refractivity contribution in [1.29, 1.82) is 0 Å². The van der Waals surface area contributed by atoms with Crippen molar-refractivity contribution in [2.75, 3.05) is 32.8 Å². The molecule has 0 atom stereocenters. The Balaban J connectivity index is 1.55. The van der Waals surface area contributed by atoms with Crippen LogP contribution in [-0.4, -0.2) is 58.6 Å². The molecule has 0 radical (unpaired) electrons. The number of aromatic amines is 1. The van der Waals surface area contributed by atoms with Gasteiger partial charge in [0.2, 0.25) is 0 Å². The van der Waals surface area contributed by atoms with Crippen LogP contribution in [0.15, 0.2) is 42.6 Å². The van der Waals surface area contributed by atoms with Gasteiger partial charge in [0.15, 0.2) is 0 Å². The highest BCUT2D eigenvalue weighted by Gasteiger charge is 2.42. The lowest BCUT2D eigenvalue weighted by atomic mass is 9.69. The molecule has 2 aliphatic rings. The number of β-amino-alcohol motifs (C(OH)–C–C–N with tert-alkyl or cyclic N) is 1. The molecule has 1 amide bonds. The van der Waals surface area contributed by atoms with E-state index in [9.17, 15) is 9.90 Å². The fourth-order valence-corrected chi connectivity index (χ4v) is 4.48. The first-order chi connectivity index (χ1) is 12.2. The quantitative estimate of drug-likeness (QED) is 0.899. The van der Waals surface area contributed by atoms with Crippen molar-refractivity contribution in [1.82, 2.24) is 14.8 Å². The van der Waals surface area contributed by atoms with Crippen LogP contribution >= 0.6 is 0 Å². The first-order valence-electron chi connectivity index (χ1n) is 9.06. The van der Waals surface area contributed by atoms with Crippen LogP contribution in [0.5, 0.6) is 0 Å². The Kier molecular flexibility index (Phi) is 4.36. The van der Waals surface area contributed by atoms with Gasteiger partial charge in [-0.15, -0.1) is 0 Å². The van der Waals surface area contributed by atoms with Gasteiger partial charge in [0, 0.05) is 44.3 Å². The number of hydrogen-bond acceptors (Lipinski definition) is 3. The Morgan fingerprint density at radius 1 is 1.16 bits per heavy atom. The van der Waals surface area contributed by atoms with Crippen LogP contribution in [0, 0.1) is 0 Å². The molecule has 0 saturated carbocycles. The zero-order chi connectivity index (χ0) is 17.3. The zero-order valence-electron chi connectivity index (χ0n) is 14.4. The number of aliphatic hydroxyl groups is 1. The maximum atomic E-state index is 12.6. The second-order valence-corrected chi connectivity index (χ2v) is 7.25. The van der Waals surface area contributed by atoms with Crippen molar-refractivity contribution in [3.8, 4) is 0 Å². The summed E-state index contributed by atoms with van der Waals surface area (Å²) in [7, 11) is 0. The fraction of sp³-hybridized carbons (Fsp3) is 0.450. The second kappa shape index (κ2) is 6.65. The average Bonchev–Trinajstić information content (AvgIpc) is 3.17. The number of amides is 1. The van der Waals surface area contributed by atoms with E-state index in [1.807, 2.05) is 17.0 Å². The van der Waals surface area contributed by atoms with Gasteiger partial charge in [-0.1, -0.05) is 24.3 Å². The van der Waals surface area contributed by atoms with Gasteiger partial charge in [-0.2, -0.15) is 0 Å². The first-order valence-corrected chi connectivity index (χ1v) is 9.06. The van der Waals surface area contributed by atoms with E-state index in [-0.39, 0.29) is 17.9 Å². The lowest BCUT2D eigenvalue weighted by Gasteiger charge is -2.48. The van der Waals surface area contributed by atoms with E-state index in [1.54, 1.807) is 6.20 Å². The maximum Gasteiger partial charge on any atom is 0.270 e. The van der Waals surface area contributed by atoms with E-state index in [0.29, 0.717) is 12.2 Å². The smallest absolute Gasteiger partial charge is 0.270 e. The van der Waals surface area contributed by atoms with Gasteiger partial charge in [0.25, 0.3) is 5.91 Å². The Morgan fingerprint density at radius 3 is 2.68 bits per heavy atom. The van der Waals surface area contributed by atoms with Gasteiger partial charge in [-0.05, 0) is 36.1 Å². The molecule has 4 rings (SSSR count). The molecule has 2 aliphatic heterocycles. The van der Waals surface area contributed by atoms with E-state index in [1.165, 1.54) is 11.1 Å². The van der Waals surface area contributed by atoms with Gasteiger partial charge in [-0.25, -0.2) is 0 Å². The molecule has 1 fully saturated rings. The highest BCUT2D eigenvalue weighted by atomic mass is 16.3. The van der Waals surface area contributed by atoms with Crippen molar-refractivity contribution >= 4 is 5.91 Å². The SMILES string of the molecule is O=C(c1ccc[nH]1)N1CCC2(CC1)CN(CCO)Cc1ccccc12. The number of nitrogens with zero attached hydrogens (tertiary/aromatic N) is 2. The van der Waals surface area contributed by atoms with Crippen LogP contribution < -0.4 is 0 Å². The minimum absolute atomic E-state index is 0.0937. The van der Waals surface area contributed by atoms with Crippen molar-refractivity contribution in [3.63, 3.8) is 0 Å². The molecular formula is C20H25N3O2. The molecule has 1 saturated heterocycles. The molecular weight excluding hydrogens is 314 g/mol. The minimum atomic E-state index is 0.0937. The van der Waals surface area contributed by atoms with E-state index in [2.05, 4.69) is 34.1 Å². The number of carbonyl (C=O) groups excluding carboxylic acids is 1. The van der Waals surface area contributed by atoms with E-state index < -0.39 is 0 Å². The molecule has 1 aromatic carbocycles. The zero-order valence-corrected chi connectivity index (χ0v) is 14.4. The van der Waals surface area contributed by atoms with E-state index in [0.717, 1.165) is 39.0 Å². The number of carbonyl (C=O) groups is 1. The summed E-state index contributed by atoms with van der Waals surface area (Å²) in [4.78, 5) is 19.9. The first kappa shape index (κ1) is 16.4. The van der Waals surface area contributed by atoms with E-state index >= 15 is 0 Å². The normalized spacial score (nSPS) is 19.8. The Bertz CT molecular complexity index is 733. The summed E-state index contributed by atoms with van der Waals surface area (Å²) in [5, 5.41) is 9.38. The lowest BCUT2D eigenvalue weighted by Crippen LogP contribution is -2.53. The summed E-state index contributed by atoms with van der Waals surface area (Å²) < 4.78 is 0. The predicted molar refractivity (Wildman–Crippen MR) is 96.4 cm³/mol. The molecule has 0 bridgehead atoms. The number of benzene rings is 1. The largest absolute Gasteiger partial charge is 0.395 e. The highest BCUT2D eigenvalue weighted by Crippen LogP contribution is 2.41. The standard InChI is InChI=1S/C20H25N3O2/c24-13-12-22-14-16-4-1-2-5-17(16)20(15-22)7-10-23(11-8-20)19(25)18-6-3-9-21-18/h1-6,9,21,24H,7-8,10-15H2. The molecule has 132 valence electrons. The summed E-state index contributed by atoms with van der Waals surface area (Å²) in [5.74, 6) is 0.0937. The molecule has 2 N–H and O–H groups in total. The van der Waals surface area contributed by atoms with Crippen LogP contribution in [0.25, 0.3) is 0 Å². The molecule has 2 aromatic rings. The summed E-state index contributed by atoms with van der Waals surface area (Å²) in [6.45, 7) is 4.33. The number of nitrogens with one attached hydrogen (secondary N) is 1. The number of likely N-dealkylation sites (tertiary alicyclic amines) is 1.